The van der Waals surface area contributed by atoms with E-state index in [9.17, 15) is 0 Å². The minimum atomic E-state index is 0.423. The highest BCUT2D eigenvalue weighted by Crippen LogP contribution is 2.49. The highest BCUT2D eigenvalue weighted by molar-refractivity contribution is 5.93. The summed E-state index contributed by atoms with van der Waals surface area (Å²) in [7, 11) is 0. The van der Waals surface area contributed by atoms with Gasteiger partial charge in [0.1, 0.15) is 0 Å². The molecule has 0 aromatic heterocycles. The molecule has 6 unspecified atom stereocenters. The molecule has 8 atom stereocenters. The zero-order valence-corrected chi connectivity index (χ0v) is 23.4. The summed E-state index contributed by atoms with van der Waals surface area (Å²) in [5, 5.41) is 11.3. The summed E-state index contributed by atoms with van der Waals surface area (Å²) in [4.78, 5) is 0. The minimum absolute atomic E-state index is 0.423. The lowest BCUT2D eigenvalue weighted by Crippen LogP contribution is -2.66. The lowest BCUT2D eigenvalue weighted by Gasteiger charge is -2.56. The molecule has 0 radical (unpaired) electrons. The summed E-state index contributed by atoms with van der Waals surface area (Å²) in [5.41, 5.74) is 4.47. The molecule has 2 N–H and O–H groups in total. The second-order valence-corrected chi connectivity index (χ2v) is 12.9. The number of nitrogens with one attached hydrogen (secondary N) is 2. The van der Waals surface area contributed by atoms with E-state index >= 15 is 0 Å². The third-order valence-corrected chi connectivity index (χ3v) is 10.4. The first kappa shape index (κ1) is 25.1. The van der Waals surface area contributed by atoms with E-state index in [1.54, 1.807) is 5.57 Å². The first-order chi connectivity index (χ1) is 19.2. The molecule has 0 spiro atoms. The van der Waals surface area contributed by atoms with Crippen LogP contribution in [0.5, 0.6) is 0 Å². The first-order valence-corrected chi connectivity index (χ1v) is 15.6. The Morgan fingerprint density at radius 2 is 1.87 bits per heavy atom. The molecule has 1 aliphatic heterocycles. The molecular formula is C37H44N2. The molecule has 2 fully saturated rings. The molecule has 2 nitrogen and oxygen atoms in total. The standard InChI is InChI=1S/C37H44N2/c1-25-19-21-31-29(23-25)20-22-32-36(31)39-34(24-26-11-4-2-5-12-26)35(28-14-6-3-7-15-28)37(32)38-33-18-10-16-27-13-8-9-17-30(27)33/h3-4,6,8-14,16-19,21,25,29,31-32,34-39H,2,5,7,15,20,22-24H2,1H3/t25-,29?,31?,32?,34?,35+,36?,37?/m0/s1. The molecule has 1 heterocycles. The molecule has 1 saturated carbocycles. The molecule has 0 bridgehead atoms. The second kappa shape index (κ2) is 11.0. The van der Waals surface area contributed by atoms with Crippen molar-refractivity contribution in [2.75, 3.05) is 5.32 Å². The number of hydrogen-bond donors (Lipinski definition) is 2. The van der Waals surface area contributed by atoms with Gasteiger partial charge in [0.15, 0.2) is 0 Å². The molecule has 202 valence electrons. The third kappa shape index (κ3) is 4.97. The molecule has 5 aliphatic rings. The van der Waals surface area contributed by atoms with Crippen LogP contribution >= 0.6 is 0 Å². The zero-order chi connectivity index (χ0) is 26.2. The van der Waals surface area contributed by atoms with Gasteiger partial charge in [-0.25, -0.2) is 0 Å². The Hall–Kier alpha value is -2.84. The maximum absolute atomic E-state index is 4.39. The van der Waals surface area contributed by atoms with Gasteiger partial charge in [-0.3, -0.25) is 0 Å². The Bertz CT molecular complexity index is 1340. The van der Waals surface area contributed by atoms with Crippen LogP contribution in [0.2, 0.25) is 0 Å². The van der Waals surface area contributed by atoms with Crippen molar-refractivity contribution in [3.05, 3.63) is 102 Å². The van der Waals surface area contributed by atoms with Gasteiger partial charge in [-0.05, 0) is 86.5 Å². The Morgan fingerprint density at radius 1 is 0.949 bits per heavy atom. The molecular weight excluding hydrogens is 472 g/mol. The van der Waals surface area contributed by atoms with Crippen molar-refractivity contribution < 1.29 is 0 Å². The van der Waals surface area contributed by atoms with E-state index in [0.717, 1.165) is 24.7 Å². The monoisotopic (exact) mass is 516 g/mol. The van der Waals surface area contributed by atoms with E-state index in [2.05, 4.69) is 109 Å². The van der Waals surface area contributed by atoms with Gasteiger partial charge in [0.25, 0.3) is 0 Å². The van der Waals surface area contributed by atoms with E-state index in [0.29, 0.717) is 35.9 Å². The molecule has 2 aromatic rings. The summed E-state index contributed by atoms with van der Waals surface area (Å²) in [6.07, 6.45) is 29.4. The van der Waals surface area contributed by atoms with Gasteiger partial charge in [-0.1, -0.05) is 103 Å². The number of piperidine rings is 1. The quantitative estimate of drug-likeness (QED) is 0.388. The average Bonchev–Trinajstić information content (AvgIpc) is 2.98. The molecule has 2 heteroatoms. The molecule has 39 heavy (non-hydrogen) atoms. The molecule has 1 saturated heterocycles. The van der Waals surface area contributed by atoms with Crippen molar-refractivity contribution in [2.24, 2.45) is 29.6 Å². The summed E-state index contributed by atoms with van der Waals surface area (Å²) in [5.74, 6) is 3.29. The van der Waals surface area contributed by atoms with Gasteiger partial charge < -0.3 is 10.6 Å². The maximum Gasteiger partial charge on any atom is 0.0422 e. The topological polar surface area (TPSA) is 24.1 Å². The minimum Gasteiger partial charge on any atom is -0.381 e. The van der Waals surface area contributed by atoms with Crippen molar-refractivity contribution in [1.29, 1.82) is 0 Å². The molecule has 2 aromatic carbocycles. The predicted octanol–water partition coefficient (Wildman–Crippen LogP) is 8.76. The normalized spacial score (nSPS) is 35.6. The van der Waals surface area contributed by atoms with E-state index in [-0.39, 0.29) is 0 Å². The largest absolute Gasteiger partial charge is 0.381 e. The summed E-state index contributed by atoms with van der Waals surface area (Å²) in [6.45, 7) is 2.40. The number of anilines is 1. The fraction of sp³-hybridized carbons (Fsp3) is 0.459. The van der Waals surface area contributed by atoms with E-state index in [1.807, 2.05) is 0 Å². The van der Waals surface area contributed by atoms with Gasteiger partial charge >= 0.3 is 0 Å². The summed E-state index contributed by atoms with van der Waals surface area (Å²) in [6, 6.07) is 17.1. The predicted molar refractivity (Wildman–Crippen MR) is 166 cm³/mol. The fourth-order valence-corrected chi connectivity index (χ4v) is 8.66. The second-order valence-electron chi connectivity index (χ2n) is 12.9. The first-order valence-electron chi connectivity index (χ1n) is 15.6. The van der Waals surface area contributed by atoms with Crippen molar-refractivity contribution in [2.45, 2.75) is 76.4 Å². The van der Waals surface area contributed by atoms with E-state index in [1.165, 1.54) is 60.6 Å². The lowest BCUT2D eigenvalue weighted by atomic mass is 9.58. The third-order valence-electron chi connectivity index (χ3n) is 10.4. The van der Waals surface area contributed by atoms with E-state index < -0.39 is 0 Å². The Balaban J connectivity index is 1.32. The summed E-state index contributed by atoms with van der Waals surface area (Å²) >= 11 is 0. The van der Waals surface area contributed by atoms with Crippen LogP contribution in [-0.4, -0.2) is 18.1 Å². The van der Waals surface area contributed by atoms with E-state index in [4.69, 9.17) is 0 Å². The highest BCUT2D eigenvalue weighted by Gasteiger charge is 2.51. The van der Waals surface area contributed by atoms with Gasteiger partial charge in [-0.2, -0.15) is 0 Å². The number of fused-ring (bicyclic) bond motifs is 4. The van der Waals surface area contributed by atoms with Crippen LogP contribution in [0.4, 0.5) is 5.69 Å². The smallest absolute Gasteiger partial charge is 0.0422 e. The van der Waals surface area contributed by atoms with Crippen LogP contribution in [0.25, 0.3) is 10.8 Å². The number of rotatable bonds is 5. The van der Waals surface area contributed by atoms with Crippen LogP contribution in [-0.2, 0) is 0 Å². The number of hydrogen-bond acceptors (Lipinski definition) is 2. The fourth-order valence-electron chi connectivity index (χ4n) is 8.66. The van der Waals surface area contributed by atoms with Crippen LogP contribution < -0.4 is 10.6 Å². The molecule has 4 aliphatic carbocycles. The van der Waals surface area contributed by atoms with Crippen molar-refractivity contribution in [1.82, 2.24) is 5.32 Å². The number of benzene rings is 2. The van der Waals surface area contributed by atoms with Crippen LogP contribution in [0.1, 0.15) is 58.3 Å². The number of allylic oxidation sites excluding steroid dienone is 7. The average molecular weight is 517 g/mol. The molecule has 7 rings (SSSR count). The van der Waals surface area contributed by atoms with Crippen LogP contribution in [0.3, 0.4) is 0 Å². The van der Waals surface area contributed by atoms with Crippen molar-refractivity contribution in [3.63, 3.8) is 0 Å². The van der Waals surface area contributed by atoms with Crippen LogP contribution in [0, 0.1) is 29.6 Å². The van der Waals surface area contributed by atoms with Gasteiger partial charge in [0.2, 0.25) is 0 Å². The maximum atomic E-state index is 4.39. The highest BCUT2D eigenvalue weighted by atomic mass is 15.1. The van der Waals surface area contributed by atoms with Gasteiger partial charge in [0.05, 0.1) is 0 Å². The summed E-state index contributed by atoms with van der Waals surface area (Å²) < 4.78 is 0. The Labute approximate surface area is 235 Å². The van der Waals surface area contributed by atoms with Crippen LogP contribution in [0.15, 0.2) is 102 Å². The zero-order valence-electron chi connectivity index (χ0n) is 23.4. The SMILES string of the molecule is C[C@H]1C=CC2C(CCC3C2NC(CC2=CCCC=C2)[C@@H](C2=CC=CCC2)C3Nc2cccc3ccccc23)C1. The van der Waals surface area contributed by atoms with Gasteiger partial charge in [-0.15, -0.1) is 0 Å². The Kier molecular flexibility index (Phi) is 7.07. The van der Waals surface area contributed by atoms with Crippen molar-refractivity contribution in [3.8, 4) is 0 Å². The molecule has 0 amide bonds. The lowest BCUT2D eigenvalue weighted by molar-refractivity contribution is 0.0539. The van der Waals surface area contributed by atoms with Crippen molar-refractivity contribution >= 4 is 16.5 Å². The van der Waals surface area contributed by atoms with Gasteiger partial charge in [0, 0.05) is 35.1 Å². The Morgan fingerprint density at radius 3 is 2.74 bits per heavy atom.